The molecule has 1 atom stereocenters. The molecule has 0 unspecified atom stereocenters. The van der Waals surface area contributed by atoms with Crippen molar-refractivity contribution in [1.82, 2.24) is 10.2 Å². The van der Waals surface area contributed by atoms with E-state index in [1.165, 1.54) is 12.8 Å². The van der Waals surface area contributed by atoms with Crippen molar-refractivity contribution in [2.75, 3.05) is 32.9 Å². The van der Waals surface area contributed by atoms with Crippen LogP contribution in [0.1, 0.15) is 19.3 Å². The Balaban J connectivity index is 1.80. The molecule has 76 valence electrons. The van der Waals surface area contributed by atoms with Gasteiger partial charge in [0.15, 0.2) is 0 Å². The summed E-state index contributed by atoms with van der Waals surface area (Å²) in [5.74, 6) is 0.329. The van der Waals surface area contributed by atoms with Gasteiger partial charge in [0.2, 0.25) is 0 Å². The zero-order valence-electron chi connectivity index (χ0n) is 8.14. The lowest BCUT2D eigenvalue weighted by molar-refractivity contribution is 0.188. The minimum absolute atomic E-state index is 0.124. The number of likely N-dealkylation sites (tertiary alicyclic amines) is 1. The Morgan fingerprint density at radius 2 is 2.00 bits per heavy atom. The SMILES string of the molecule is FC[C@@H]1CCN(C2CCNCC2)C1. The first kappa shape index (κ1) is 9.41. The van der Waals surface area contributed by atoms with Crippen LogP contribution in [-0.2, 0) is 0 Å². The van der Waals surface area contributed by atoms with Gasteiger partial charge >= 0.3 is 0 Å². The van der Waals surface area contributed by atoms with Gasteiger partial charge in [0, 0.05) is 18.5 Å². The van der Waals surface area contributed by atoms with E-state index in [9.17, 15) is 4.39 Å². The van der Waals surface area contributed by atoms with E-state index in [1.54, 1.807) is 0 Å². The molecule has 2 aliphatic rings. The summed E-state index contributed by atoms with van der Waals surface area (Å²) >= 11 is 0. The smallest absolute Gasteiger partial charge is 0.0935 e. The van der Waals surface area contributed by atoms with Crippen LogP contribution in [0.5, 0.6) is 0 Å². The quantitative estimate of drug-likeness (QED) is 0.693. The molecule has 2 saturated heterocycles. The standard InChI is InChI=1S/C10H19FN2/c11-7-9-3-6-13(8-9)10-1-4-12-5-2-10/h9-10,12H,1-8H2/t9-/m0/s1. The largest absolute Gasteiger partial charge is 0.317 e. The highest BCUT2D eigenvalue weighted by Crippen LogP contribution is 2.22. The molecule has 0 aromatic carbocycles. The van der Waals surface area contributed by atoms with Crippen LogP contribution in [-0.4, -0.2) is 43.8 Å². The predicted octanol–water partition coefficient (Wildman–Crippen LogP) is 1.03. The number of nitrogens with zero attached hydrogens (tertiary/aromatic N) is 1. The maximum Gasteiger partial charge on any atom is 0.0935 e. The van der Waals surface area contributed by atoms with Gasteiger partial charge in [-0.25, -0.2) is 0 Å². The van der Waals surface area contributed by atoms with Gasteiger partial charge < -0.3 is 5.32 Å². The molecular weight excluding hydrogens is 167 g/mol. The molecule has 0 radical (unpaired) electrons. The van der Waals surface area contributed by atoms with Gasteiger partial charge in [-0.2, -0.15) is 0 Å². The van der Waals surface area contributed by atoms with E-state index >= 15 is 0 Å². The zero-order valence-corrected chi connectivity index (χ0v) is 8.14. The minimum Gasteiger partial charge on any atom is -0.317 e. The highest BCUT2D eigenvalue weighted by molar-refractivity contribution is 4.84. The maximum atomic E-state index is 12.4. The van der Waals surface area contributed by atoms with Gasteiger partial charge in [-0.15, -0.1) is 0 Å². The van der Waals surface area contributed by atoms with Crippen molar-refractivity contribution in [3.63, 3.8) is 0 Å². The second kappa shape index (κ2) is 4.38. The second-order valence-corrected chi connectivity index (χ2v) is 4.29. The lowest BCUT2D eigenvalue weighted by Crippen LogP contribution is -2.42. The van der Waals surface area contributed by atoms with Gasteiger partial charge in [0.25, 0.3) is 0 Å². The summed E-state index contributed by atoms with van der Waals surface area (Å²) < 4.78 is 12.4. The van der Waals surface area contributed by atoms with E-state index in [4.69, 9.17) is 0 Å². The predicted molar refractivity (Wildman–Crippen MR) is 51.5 cm³/mol. The third kappa shape index (κ3) is 2.20. The Kier molecular flexibility index (Phi) is 3.17. The van der Waals surface area contributed by atoms with E-state index in [-0.39, 0.29) is 6.67 Å². The van der Waals surface area contributed by atoms with Crippen LogP contribution in [0.3, 0.4) is 0 Å². The molecule has 0 amide bonds. The summed E-state index contributed by atoms with van der Waals surface area (Å²) in [6.07, 6.45) is 3.57. The number of halogens is 1. The number of alkyl halides is 1. The third-order valence-electron chi connectivity index (χ3n) is 3.36. The van der Waals surface area contributed by atoms with E-state index in [1.807, 2.05) is 0 Å². The van der Waals surface area contributed by atoms with Crippen molar-refractivity contribution in [2.24, 2.45) is 5.92 Å². The van der Waals surface area contributed by atoms with Crippen LogP contribution >= 0.6 is 0 Å². The molecule has 0 spiro atoms. The summed E-state index contributed by atoms with van der Waals surface area (Å²) in [6, 6.07) is 0.734. The van der Waals surface area contributed by atoms with Crippen LogP contribution in [0.15, 0.2) is 0 Å². The molecular formula is C10H19FN2. The van der Waals surface area contributed by atoms with Gasteiger partial charge in [-0.3, -0.25) is 9.29 Å². The Morgan fingerprint density at radius 1 is 1.23 bits per heavy atom. The fourth-order valence-corrected chi connectivity index (χ4v) is 2.49. The molecule has 0 aromatic rings. The van der Waals surface area contributed by atoms with Crippen LogP contribution in [0, 0.1) is 5.92 Å². The van der Waals surface area contributed by atoms with Crippen molar-refractivity contribution in [1.29, 1.82) is 0 Å². The number of hydrogen-bond acceptors (Lipinski definition) is 2. The lowest BCUT2D eigenvalue weighted by Gasteiger charge is -2.31. The maximum absolute atomic E-state index is 12.4. The van der Waals surface area contributed by atoms with E-state index < -0.39 is 0 Å². The summed E-state index contributed by atoms with van der Waals surface area (Å²) in [7, 11) is 0. The Morgan fingerprint density at radius 3 is 2.62 bits per heavy atom. The molecule has 2 rings (SSSR count). The number of hydrogen-bond donors (Lipinski definition) is 1. The summed E-state index contributed by atoms with van der Waals surface area (Å²) in [5.41, 5.74) is 0. The molecule has 2 fully saturated rings. The molecule has 3 heteroatoms. The van der Waals surface area contributed by atoms with E-state index in [2.05, 4.69) is 10.2 Å². The van der Waals surface area contributed by atoms with Crippen molar-refractivity contribution in [2.45, 2.75) is 25.3 Å². The molecule has 2 heterocycles. The Labute approximate surface area is 79.5 Å². The molecule has 0 aliphatic carbocycles. The first-order chi connectivity index (χ1) is 6.40. The first-order valence-corrected chi connectivity index (χ1v) is 5.41. The highest BCUT2D eigenvalue weighted by Gasteiger charge is 2.28. The average molecular weight is 186 g/mol. The summed E-state index contributed by atoms with van der Waals surface area (Å²) in [5, 5.41) is 3.36. The number of rotatable bonds is 2. The normalized spacial score (nSPS) is 32.5. The van der Waals surface area contributed by atoms with Crippen molar-refractivity contribution in [3.05, 3.63) is 0 Å². The fraction of sp³-hybridized carbons (Fsp3) is 1.00. The number of nitrogens with one attached hydrogen (secondary N) is 1. The van der Waals surface area contributed by atoms with Crippen molar-refractivity contribution < 1.29 is 4.39 Å². The fourth-order valence-electron chi connectivity index (χ4n) is 2.49. The highest BCUT2D eigenvalue weighted by atomic mass is 19.1. The second-order valence-electron chi connectivity index (χ2n) is 4.29. The Hall–Kier alpha value is -0.150. The summed E-state index contributed by atoms with van der Waals surface area (Å²) in [4.78, 5) is 2.49. The van der Waals surface area contributed by atoms with Crippen LogP contribution < -0.4 is 5.32 Å². The molecule has 2 aliphatic heterocycles. The number of piperidine rings is 1. The molecule has 0 aromatic heterocycles. The lowest BCUT2D eigenvalue weighted by atomic mass is 10.1. The monoisotopic (exact) mass is 186 g/mol. The van der Waals surface area contributed by atoms with Crippen LogP contribution in [0.4, 0.5) is 4.39 Å². The molecule has 13 heavy (non-hydrogen) atoms. The first-order valence-electron chi connectivity index (χ1n) is 5.41. The zero-order chi connectivity index (χ0) is 9.10. The topological polar surface area (TPSA) is 15.3 Å². The van der Waals surface area contributed by atoms with Gasteiger partial charge in [0.05, 0.1) is 6.67 Å². The minimum atomic E-state index is -0.124. The van der Waals surface area contributed by atoms with Crippen molar-refractivity contribution in [3.8, 4) is 0 Å². The van der Waals surface area contributed by atoms with Gasteiger partial charge in [-0.1, -0.05) is 0 Å². The van der Waals surface area contributed by atoms with Gasteiger partial charge in [0.1, 0.15) is 0 Å². The van der Waals surface area contributed by atoms with Gasteiger partial charge in [-0.05, 0) is 38.9 Å². The summed E-state index contributed by atoms with van der Waals surface area (Å²) in [6.45, 7) is 4.28. The third-order valence-corrected chi connectivity index (χ3v) is 3.36. The van der Waals surface area contributed by atoms with Crippen LogP contribution in [0.2, 0.25) is 0 Å². The molecule has 1 N–H and O–H groups in total. The van der Waals surface area contributed by atoms with E-state index in [0.717, 1.165) is 38.6 Å². The molecule has 2 nitrogen and oxygen atoms in total. The molecule has 0 bridgehead atoms. The van der Waals surface area contributed by atoms with Crippen molar-refractivity contribution >= 4 is 0 Å². The van der Waals surface area contributed by atoms with Crippen LogP contribution in [0.25, 0.3) is 0 Å². The van der Waals surface area contributed by atoms with E-state index in [0.29, 0.717) is 5.92 Å². The molecule has 0 saturated carbocycles. The Bertz CT molecular complexity index is 157. The average Bonchev–Trinajstić information content (AvgIpc) is 2.67.